The van der Waals surface area contributed by atoms with Crippen LogP contribution in [0.1, 0.15) is 78.6 Å². The van der Waals surface area contributed by atoms with Crippen LogP contribution in [0.3, 0.4) is 0 Å². The lowest BCUT2D eigenvalue weighted by Crippen LogP contribution is -2.43. The van der Waals surface area contributed by atoms with Crippen molar-refractivity contribution in [1.82, 2.24) is 15.5 Å². The van der Waals surface area contributed by atoms with Crippen LogP contribution >= 0.6 is 0 Å². The van der Waals surface area contributed by atoms with Gasteiger partial charge in [-0.2, -0.15) is 0 Å². The first-order valence-electron chi connectivity index (χ1n) is 12.0. The predicted molar refractivity (Wildman–Crippen MR) is 122 cm³/mol. The summed E-state index contributed by atoms with van der Waals surface area (Å²) in [5.74, 6) is 1.18. The zero-order valence-corrected chi connectivity index (χ0v) is 19.3. The zero-order chi connectivity index (χ0) is 21.9. The quantitative estimate of drug-likeness (QED) is 0.394. The maximum absolute atomic E-state index is 12.7. The molecule has 1 aliphatic heterocycles. The standard InChI is InChI=1S/C23H43N5O2/c1-4-28-12-10-19(11-13-28)15-21(29)27-23(24)26-20(22(30)25-16-17(2)3)14-18-8-6-5-7-9-18/h17-20H,4-16H2,1-3H3,(H,25,30)(H3,24,26,27,29). The number of hydrogen-bond donors (Lipinski definition) is 3. The van der Waals surface area contributed by atoms with Crippen molar-refractivity contribution >= 4 is 17.8 Å². The number of nitrogens with one attached hydrogen (secondary N) is 2. The van der Waals surface area contributed by atoms with Gasteiger partial charge in [0.25, 0.3) is 0 Å². The van der Waals surface area contributed by atoms with E-state index in [9.17, 15) is 9.59 Å². The third-order valence-corrected chi connectivity index (χ3v) is 6.46. The summed E-state index contributed by atoms with van der Waals surface area (Å²) in [5, 5.41) is 5.72. The van der Waals surface area contributed by atoms with E-state index in [0.29, 0.717) is 37.1 Å². The van der Waals surface area contributed by atoms with Gasteiger partial charge in [0.2, 0.25) is 11.8 Å². The van der Waals surface area contributed by atoms with Crippen molar-refractivity contribution in [2.75, 3.05) is 26.2 Å². The van der Waals surface area contributed by atoms with Crippen molar-refractivity contribution in [1.29, 1.82) is 0 Å². The molecule has 0 bridgehead atoms. The molecule has 1 atom stereocenters. The van der Waals surface area contributed by atoms with E-state index < -0.39 is 6.04 Å². The number of likely N-dealkylation sites (tertiary alicyclic amines) is 1. The summed E-state index contributed by atoms with van der Waals surface area (Å²) in [7, 11) is 0. The molecule has 0 aromatic heterocycles. The van der Waals surface area contributed by atoms with Crippen molar-refractivity contribution in [3.05, 3.63) is 0 Å². The molecule has 1 saturated heterocycles. The number of nitrogens with two attached hydrogens (primary N) is 1. The van der Waals surface area contributed by atoms with E-state index in [2.05, 4.69) is 41.3 Å². The van der Waals surface area contributed by atoms with Crippen LogP contribution in [0.2, 0.25) is 0 Å². The van der Waals surface area contributed by atoms with Crippen LogP contribution in [0.15, 0.2) is 4.99 Å². The van der Waals surface area contributed by atoms with E-state index >= 15 is 0 Å². The molecule has 7 heteroatoms. The molecule has 0 aromatic carbocycles. The molecule has 1 aliphatic carbocycles. The van der Waals surface area contributed by atoms with Gasteiger partial charge in [0.05, 0.1) is 0 Å². The average Bonchev–Trinajstić information content (AvgIpc) is 2.72. The molecule has 30 heavy (non-hydrogen) atoms. The van der Waals surface area contributed by atoms with Gasteiger partial charge < -0.3 is 16.0 Å². The highest BCUT2D eigenvalue weighted by Crippen LogP contribution is 2.28. The number of rotatable bonds is 9. The highest BCUT2D eigenvalue weighted by molar-refractivity contribution is 5.97. The Morgan fingerprint density at radius 2 is 1.73 bits per heavy atom. The van der Waals surface area contributed by atoms with Gasteiger partial charge in [-0.3, -0.25) is 14.9 Å². The van der Waals surface area contributed by atoms with E-state index in [4.69, 9.17) is 5.73 Å². The molecule has 1 unspecified atom stereocenters. The summed E-state index contributed by atoms with van der Waals surface area (Å²) >= 11 is 0. The van der Waals surface area contributed by atoms with Crippen LogP contribution < -0.4 is 16.4 Å². The SMILES string of the molecule is CCN1CCC(CC(=O)NC(N)=NC(CC2CCCCC2)C(=O)NCC(C)C)CC1. The third kappa shape index (κ3) is 9.02. The molecule has 7 nitrogen and oxygen atoms in total. The number of carbonyl (C=O) groups is 2. The summed E-state index contributed by atoms with van der Waals surface area (Å²) in [4.78, 5) is 32.0. The molecule has 1 saturated carbocycles. The number of nitrogens with zero attached hydrogens (tertiary/aromatic N) is 2. The van der Waals surface area contributed by atoms with Crippen molar-refractivity contribution in [2.24, 2.45) is 28.5 Å². The van der Waals surface area contributed by atoms with Gasteiger partial charge in [-0.05, 0) is 56.7 Å². The molecule has 0 spiro atoms. The Kier molecular flexibility index (Phi) is 10.6. The molecule has 2 fully saturated rings. The van der Waals surface area contributed by atoms with Gasteiger partial charge in [-0.25, -0.2) is 4.99 Å². The van der Waals surface area contributed by atoms with Gasteiger partial charge >= 0.3 is 0 Å². The van der Waals surface area contributed by atoms with Crippen LogP contribution in [-0.2, 0) is 9.59 Å². The van der Waals surface area contributed by atoms with Gasteiger partial charge in [-0.15, -0.1) is 0 Å². The zero-order valence-electron chi connectivity index (χ0n) is 19.3. The third-order valence-electron chi connectivity index (χ3n) is 6.46. The first-order chi connectivity index (χ1) is 14.4. The van der Waals surface area contributed by atoms with Crippen LogP contribution in [0.4, 0.5) is 0 Å². The lowest BCUT2D eigenvalue weighted by molar-refractivity contribution is -0.123. The molecule has 1 heterocycles. The lowest BCUT2D eigenvalue weighted by atomic mass is 9.84. The summed E-state index contributed by atoms with van der Waals surface area (Å²) < 4.78 is 0. The van der Waals surface area contributed by atoms with Crippen LogP contribution in [0.25, 0.3) is 0 Å². The Hall–Kier alpha value is -1.63. The number of hydrogen-bond acceptors (Lipinski definition) is 4. The first-order valence-corrected chi connectivity index (χ1v) is 12.0. The van der Waals surface area contributed by atoms with Crippen molar-refractivity contribution in [3.63, 3.8) is 0 Å². The van der Waals surface area contributed by atoms with Gasteiger partial charge in [-0.1, -0.05) is 52.9 Å². The minimum absolute atomic E-state index is 0.0755. The number of guanidine groups is 1. The predicted octanol–water partition coefficient (Wildman–Crippen LogP) is 2.65. The van der Waals surface area contributed by atoms with Gasteiger partial charge in [0, 0.05) is 13.0 Å². The number of aliphatic imine (C=N–C) groups is 1. The molecule has 2 rings (SSSR count). The van der Waals surface area contributed by atoms with Crippen LogP contribution in [-0.4, -0.2) is 54.9 Å². The lowest BCUT2D eigenvalue weighted by Gasteiger charge is -2.30. The molecular formula is C23H43N5O2. The molecular weight excluding hydrogens is 378 g/mol. The molecule has 2 amide bonds. The summed E-state index contributed by atoms with van der Waals surface area (Å²) in [5.41, 5.74) is 6.05. The second-order valence-electron chi connectivity index (χ2n) is 9.54. The highest BCUT2D eigenvalue weighted by atomic mass is 16.2. The van der Waals surface area contributed by atoms with E-state index in [1.54, 1.807) is 0 Å². The Morgan fingerprint density at radius 3 is 2.33 bits per heavy atom. The Balaban J connectivity index is 1.89. The summed E-state index contributed by atoms with van der Waals surface area (Å²) in [6.45, 7) is 10.1. The molecule has 0 aromatic rings. The second kappa shape index (κ2) is 12.9. The maximum atomic E-state index is 12.7. The van der Waals surface area contributed by atoms with E-state index in [1.807, 2.05) is 0 Å². The summed E-state index contributed by atoms with van der Waals surface area (Å²) in [6.07, 6.45) is 9.27. The summed E-state index contributed by atoms with van der Waals surface area (Å²) in [6, 6.07) is -0.528. The largest absolute Gasteiger partial charge is 0.370 e. The van der Waals surface area contributed by atoms with Gasteiger partial charge in [0.1, 0.15) is 6.04 Å². The first kappa shape index (κ1) is 24.6. The monoisotopic (exact) mass is 421 g/mol. The fourth-order valence-electron chi connectivity index (χ4n) is 4.54. The fourth-order valence-corrected chi connectivity index (χ4v) is 4.54. The van der Waals surface area contributed by atoms with E-state index in [-0.39, 0.29) is 17.8 Å². The minimum Gasteiger partial charge on any atom is -0.370 e. The Labute approximate surface area is 182 Å². The van der Waals surface area contributed by atoms with Crippen LogP contribution in [0, 0.1) is 17.8 Å². The normalized spacial score (nSPS) is 20.9. The number of amides is 2. The molecule has 172 valence electrons. The van der Waals surface area contributed by atoms with Crippen molar-refractivity contribution in [3.8, 4) is 0 Å². The fraction of sp³-hybridized carbons (Fsp3) is 0.870. The Bertz CT molecular complexity index is 564. The molecule has 4 N–H and O–H groups in total. The molecule has 0 radical (unpaired) electrons. The minimum atomic E-state index is -0.528. The van der Waals surface area contributed by atoms with Crippen molar-refractivity contribution in [2.45, 2.75) is 84.6 Å². The smallest absolute Gasteiger partial charge is 0.244 e. The molecule has 2 aliphatic rings. The second-order valence-corrected chi connectivity index (χ2v) is 9.54. The van der Waals surface area contributed by atoms with Crippen molar-refractivity contribution < 1.29 is 9.59 Å². The highest BCUT2D eigenvalue weighted by Gasteiger charge is 2.25. The topological polar surface area (TPSA) is 99.8 Å². The van der Waals surface area contributed by atoms with E-state index in [1.165, 1.54) is 19.3 Å². The Morgan fingerprint density at radius 1 is 1.07 bits per heavy atom. The van der Waals surface area contributed by atoms with E-state index in [0.717, 1.165) is 45.3 Å². The number of carbonyl (C=O) groups excluding carboxylic acids is 2. The van der Waals surface area contributed by atoms with Crippen LogP contribution in [0.5, 0.6) is 0 Å². The average molecular weight is 422 g/mol. The number of piperidine rings is 1. The van der Waals surface area contributed by atoms with Gasteiger partial charge in [0.15, 0.2) is 5.96 Å². The maximum Gasteiger partial charge on any atom is 0.244 e.